The molecule has 4 nitrogen and oxygen atoms in total. The highest BCUT2D eigenvalue weighted by Gasteiger charge is 2.20. The van der Waals surface area contributed by atoms with Crippen LogP contribution in [0.25, 0.3) is 0 Å². The van der Waals surface area contributed by atoms with Gasteiger partial charge in [-0.25, -0.2) is 0 Å². The fourth-order valence-electron chi connectivity index (χ4n) is 2.01. The molecule has 1 aliphatic heterocycles. The van der Waals surface area contributed by atoms with Gasteiger partial charge in [-0.1, -0.05) is 0 Å². The van der Waals surface area contributed by atoms with Gasteiger partial charge in [-0.3, -0.25) is 4.79 Å². The van der Waals surface area contributed by atoms with Gasteiger partial charge in [0.1, 0.15) is 0 Å². The normalized spacial score (nSPS) is 22.1. The van der Waals surface area contributed by atoms with E-state index < -0.39 is 0 Å². The third-order valence-corrected chi connectivity index (χ3v) is 3.12. The Morgan fingerprint density at radius 3 is 2.69 bits per heavy atom. The lowest BCUT2D eigenvalue weighted by Gasteiger charge is -2.24. The maximum atomic E-state index is 11.9. The topological polar surface area (TPSA) is 41.6 Å². The first-order valence-corrected chi connectivity index (χ1v) is 6.32. The van der Waals surface area contributed by atoms with Crippen molar-refractivity contribution in [2.75, 3.05) is 26.2 Å². The largest absolute Gasteiger partial charge is 0.377 e. The van der Waals surface area contributed by atoms with Crippen molar-refractivity contribution in [3.63, 3.8) is 0 Å². The van der Waals surface area contributed by atoms with E-state index in [1.54, 1.807) is 0 Å². The highest BCUT2D eigenvalue weighted by atomic mass is 16.5. The molecule has 0 saturated carbocycles. The van der Waals surface area contributed by atoms with E-state index in [4.69, 9.17) is 4.74 Å². The first-order chi connectivity index (χ1) is 7.69. The third kappa shape index (κ3) is 3.76. The minimum Gasteiger partial charge on any atom is -0.377 e. The van der Waals surface area contributed by atoms with Crippen LogP contribution < -0.4 is 5.32 Å². The van der Waals surface area contributed by atoms with E-state index in [9.17, 15) is 4.79 Å². The summed E-state index contributed by atoms with van der Waals surface area (Å²) in [7, 11) is 0. The summed E-state index contributed by atoms with van der Waals surface area (Å²) >= 11 is 0. The van der Waals surface area contributed by atoms with E-state index in [-0.39, 0.29) is 11.9 Å². The maximum Gasteiger partial charge on any atom is 0.239 e. The Hall–Kier alpha value is -0.610. The molecule has 0 radical (unpaired) electrons. The van der Waals surface area contributed by atoms with Crippen molar-refractivity contribution in [3.05, 3.63) is 0 Å². The minimum atomic E-state index is -0.107. The van der Waals surface area contributed by atoms with Gasteiger partial charge >= 0.3 is 0 Å². The molecule has 1 heterocycles. The van der Waals surface area contributed by atoms with Gasteiger partial charge < -0.3 is 15.0 Å². The van der Waals surface area contributed by atoms with Gasteiger partial charge in [-0.15, -0.1) is 0 Å². The van der Waals surface area contributed by atoms with E-state index in [0.717, 1.165) is 39.1 Å². The summed E-state index contributed by atoms with van der Waals surface area (Å²) in [6.45, 7) is 9.15. The lowest BCUT2D eigenvalue weighted by molar-refractivity contribution is -0.132. The fourth-order valence-corrected chi connectivity index (χ4v) is 2.01. The molecule has 1 rings (SSSR count). The van der Waals surface area contributed by atoms with Crippen LogP contribution in [0.5, 0.6) is 0 Å². The van der Waals surface area contributed by atoms with Crippen LogP contribution in [0.2, 0.25) is 0 Å². The molecule has 0 aliphatic carbocycles. The average Bonchev–Trinajstić information content (AvgIpc) is 2.80. The highest BCUT2D eigenvalue weighted by Crippen LogP contribution is 2.10. The van der Waals surface area contributed by atoms with Crippen molar-refractivity contribution < 1.29 is 9.53 Å². The molecule has 1 N–H and O–H groups in total. The van der Waals surface area contributed by atoms with E-state index in [1.807, 2.05) is 25.7 Å². The molecule has 0 aromatic carbocycles. The molecule has 2 atom stereocenters. The summed E-state index contributed by atoms with van der Waals surface area (Å²) in [5.74, 6) is 0.183. The van der Waals surface area contributed by atoms with E-state index in [0.29, 0.717) is 6.10 Å². The second-order valence-corrected chi connectivity index (χ2v) is 4.28. The van der Waals surface area contributed by atoms with Crippen molar-refractivity contribution >= 4 is 5.91 Å². The lowest BCUT2D eigenvalue weighted by atomic mass is 10.2. The quantitative estimate of drug-likeness (QED) is 0.738. The van der Waals surface area contributed by atoms with Gasteiger partial charge in [0.25, 0.3) is 0 Å². The van der Waals surface area contributed by atoms with E-state index in [2.05, 4.69) is 5.32 Å². The summed E-state index contributed by atoms with van der Waals surface area (Å²) in [4.78, 5) is 13.8. The number of hydrogen-bond donors (Lipinski definition) is 1. The Labute approximate surface area is 98.3 Å². The molecule has 1 fully saturated rings. The van der Waals surface area contributed by atoms with Crippen LogP contribution >= 0.6 is 0 Å². The predicted octanol–water partition coefficient (Wildman–Crippen LogP) is 1.01. The van der Waals surface area contributed by atoms with Gasteiger partial charge in [-0.05, 0) is 33.6 Å². The van der Waals surface area contributed by atoms with Crippen LogP contribution in [0.3, 0.4) is 0 Å². The van der Waals surface area contributed by atoms with E-state index >= 15 is 0 Å². The molecule has 1 amide bonds. The molecule has 0 spiro atoms. The number of likely N-dealkylation sites (N-methyl/N-ethyl adjacent to an activating group) is 1. The Balaban J connectivity index is 2.27. The number of carbonyl (C=O) groups excluding carboxylic acids is 1. The number of carbonyl (C=O) groups is 1. The second kappa shape index (κ2) is 6.86. The maximum absolute atomic E-state index is 11.9. The van der Waals surface area contributed by atoms with Crippen LogP contribution in [-0.4, -0.2) is 49.2 Å². The molecule has 0 bridgehead atoms. The van der Waals surface area contributed by atoms with Crippen molar-refractivity contribution in [2.45, 2.75) is 45.8 Å². The molecular formula is C12H24N2O2. The SMILES string of the molecule is CCN(CC)C(=O)C(C)NCC1CCCO1. The second-order valence-electron chi connectivity index (χ2n) is 4.28. The third-order valence-electron chi connectivity index (χ3n) is 3.12. The zero-order chi connectivity index (χ0) is 12.0. The van der Waals surface area contributed by atoms with Crippen LogP contribution in [0, 0.1) is 0 Å². The average molecular weight is 228 g/mol. The number of hydrogen-bond acceptors (Lipinski definition) is 3. The zero-order valence-corrected chi connectivity index (χ0v) is 10.7. The Morgan fingerprint density at radius 2 is 2.19 bits per heavy atom. The molecule has 2 unspecified atom stereocenters. The van der Waals surface area contributed by atoms with Crippen LogP contribution in [0.1, 0.15) is 33.6 Å². The Kier molecular flexibility index (Phi) is 5.77. The van der Waals surface area contributed by atoms with Crippen LogP contribution in [0.4, 0.5) is 0 Å². The minimum absolute atomic E-state index is 0.107. The number of amides is 1. The van der Waals surface area contributed by atoms with Gasteiger partial charge in [0.15, 0.2) is 0 Å². The summed E-state index contributed by atoms with van der Waals surface area (Å²) < 4.78 is 5.51. The zero-order valence-electron chi connectivity index (χ0n) is 10.7. The molecule has 0 aromatic rings. The number of nitrogens with zero attached hydrogens (tertiary/aromatic N) is 1. The van der Waals surface area contributed by atoms with Crippen LogP contribution in [-0.2, 0) is 9.53 Å². The first-order valence-electron chi connectivity index (χ1n) is 6.32. The van der Waals surface area contributed by atoms with E-state index in [1.165, 1.54) is 0 Å². The molecule has 16 heavy (non-hydrogen) atoms. The fraction of sp³-hybridized carbons (Fsp3) is 0.917. The smallest absolute Gasteiger partial charge is 0.239 e. The number of rotatable bonds is 6. The molecule has 0 aromatic heterocycles. The summed E-state index contributed by atoms with van der Waals surface area (Å²) in [5, 5.41) is 3.26. The molecular weight excluding hydrogens is 204 g/mol. The monoisotopic (exact) mass is 228 g/mol. The first kappa shape index (κ1) is 13.5. The van der Waals surface area contributed by atoms with Crippen molar-refractivity contribution in [1.29, 1.82) is 0 Å². The Bertz CT molecular complexity index is 211. The highest BCUT2D eigenvalue weighted by molar-refractivity contribution is 5.81. The molecule has 4 heteroatoms. The van der Waals surface area contributed by atoms with Crippen LogP contribution in [0.15, 0.2) is 0 Å². The van der Waals surface area contributed by atoms with Gasteiger partial charge in [0.2, 0.25) is 5.91 Å². The standard InChI is InChI=1S/C12H24N2O2/c1-4-14(5-2)12(15)10(3)13-9-11-7-6-8-16-11/h10-11,13H,4-9H2,1-3H3. The van der Waals surface area contributed by atoms with Crippen molar-refractivity contribution in [2.24, 2.45) is 0 Å². The molecule has 1 saturated heterocycles. The van der Waals surface area contributed by atoms with Crippen molar-refractivity contribution in [1.82, 2.24) is 10.2 Å². The number of ether oxygens (including phenoxy) is 1. The summed E-state index contributed by atoms with van der Waals surface area (Å²) in [5.41, 5.74) is 0. The summed E-state index contributed by atoms with van der Waals surface area (Å²) in [6.07, 6.45) is 2.55. The molecule has 1 aliphatic rings. The van der Waals surface area contributed by atoms with Gasteiger partial charge in [-0.2, -0.15) is 0 Å². The van der Waals surface area contributed by atoms with Gasteiger partial charge in [0, 0.05) is 26.2 Å². The Morgan fingerprint density at radius 1 is 1.50 bits per heavy atom. The predicted molar refractivity (Wildman–Crippen MR) is 64.4 cm³/mol. The number of nitrogens with one attached hydrogen (secondary N) is 1. The van der Waals surface area contributed by atoms with Gasteiger partial charge in [0.05, 0.1) is 12.1 Å². The lowest BCUT2D eigenvalue weighted by Crippen LogP contribution is -2.46. The van der Waals surface area contributed by atoms with Crippen molar-refractivity contribution in [3.8, 4) is 0 Å². The molecule has 94 valence electrons. The summed E-state index contributed by atoms with van der Waals surface area (Å²) in [6, 6.07) is -0.107.